The fourth-order valence-electron chi connectivity index (χ4n) is 2.59. The van der Waals surface area contributed by atoms with Gasteiger partial charge < -0.3 is 29.0 Å². The average molecular weight is 415 g/mol. The minimum absolute atomic E-state index is 0.124. The van der Waals surface area contributed by atoms with Gasteiger partial charge in [0.05, 0.1) is 0 Å². The topological polar surface area (TPSA) is 144 Å². The van der Waals surface area contributed by atoms with E-state index in [9.17, 15) is 24.0 Å². The van der Waals surface area contributed by atoms with Crippen LogP contribution >= 0.6 is 0 Å². The molecule has 0 saturated carbocycles. The summed E-state index contributed by atoms with van der Waals surface area (Å²) in [5.74, 6) is -3.51. The van der Waals surface area contributed by atoms with Crippen LogP contribution < -0.4 is 5.32 Å². The molecular weight excluding hydrogens is 390 g/mol. The van der Waals surface area contributed by atoms with Crippen molar-refractivity contribution in [2.24, 2.45) is 0 Å². The summed E-state index contributed by atoms with van der Waals surface area (Å²) in [6.07, 6.45) is -5.14. The molecule has 1 fully saturated rings. The van der Waals surface area contributed by atoms with Crippen LogP contribution in [0.2, 0.25) is 0 Å². The summed E-state index contributed by atoms with van der Waals surface area (Å²) in [5.41, 5.74) is 0.124. The summed E-state index contributed by atoms with van der Waals surface area (Å²) in [7, 11) is 0. The van der Waals surface area contributed by atoms with E-state index < -0.39 is 60.4 Å². The van der Waals surface area contributed by atoms with E-state index in [0.717, 1.165) is 27.7 Å². The molecule has 162 valence electrons. The SMILES string of the molecule is C=C(C)C(=O)N[C@@H]1[C@H](OC(C)=O)O[C@H](COC(C)=O)[C@@H](OC(C)=O)[C@@H]1OC(C)=O. The summed E-state index contributed by atoms with van der Waals surface area (Å²) in [6, 6.07) is -1.23. The number of hydrogen-bond donors (Lipinski definition) is 1. The zero-order chi connectivity index (χ0) is 22.3. The molecule has 1 N–H and O–H groups in total. The molecule has 1 aliphatic rings. The normalized spacial score (nSPS) is 25.9. The number of nitrogens with one attached hydrogen (secondary N) is 1. The lowest BCUT2D eigenvalue weighted by Crippen LogP contribution is -2.67. The van der Waals surface area contributed by atoms with Gasteiger partial charge in [-0.2, -0.15) is 0 Å². The first-order valence-electron chi connectivity index (χ1n) is 8.69. The zero-order valence-corrected chi connectivity index (χ0v) is 16.9. The number of ether oxygens (including phenoxy) is 5. The van der Waals surface area contributed by atoms with Crippen molar-refractivity contribution in [2.45, 2.75) is 65.3 Å². The Morgan fingerprint density at radius 1 is 0.828 bits per heavy atom. The molecule has 1 heterocycles. The van der Waals surface area contributed by atoms with Crippen molar-refractivity contribution >= 4 is 29.8 Å². The lowest BCUT2D eigenvalue weighted by molar-refractivity contribution is -0.270. The lowest BCUT2D eigenvalue weighted by atomic mass is 9.95. The second-order valence-electron chi connectivity index (χ2n) is 6.38. The molecule has 0 bridgehead atoms. The predicted molar refractivity (Wildman–Crippen MR) is 94.9 cm³/mol. The molecule has 1 saturated heterocycles. The summed E-state index contributed by atoms with van der Waals surface area (Å²) in [6.45, 7) is 9.07. The Hall–Kier alpha value is -2.95. The van der Waals surface area contributed by atoms with E-state index in [0.29, 0.717) is 0 Å². The standard InChI is InChI=1S/C18H25NO10/c1-8(2)17(24)19-14-16(27-11(5)22)15(26-10(4)21)13(7-25-9(3)20)29-18(14)28-12(6)23/h13-16,18H,1,7H2,2-6H3,(H,19,24)/t13-,14+,15-,16-,18-/m1/s1. The molecule has 29 heavy (non-hydrogen) atoms. The summed E-state index contributed by atoms with van der Waals surface area (Å²) in [4.78, 5) is 58.2. The largest absolute Gasteiger partial charge is 0.463 e. The second-order valence-corrected chi connectivity index (χ2v) is 6.38. The van der Waals surface area contributed by atoms with Gasteiger partial charge in [0, 0.05) is 33.3 Å². The molecule has 0 aliphatic carbocycles. The van der Waals surface area contributed by atoms with Crippen LogP contribution in [0.4, 0.5) is 0 Å². The van der Waals surface area contributed by atoms with E-state index in [1.165, 1.54) is 6.92 Å². The van der Waals surface area contributed by atoms with Gasteiger partial charge in [0.15, 0.2) is 12.2 Å². The Morgan fingerprint density at radius 2 is 1.34 bits per heavy atom. The summed E-state index contributed by atoms with van der Waals surface area (Å²) >= 11 is 0. The molecule has 0 unspecified atom stereocenters. The molecule has 0 radical (unpaired) electrons. The van der Waals surface area contributed by atoms with Crippen molar-refractivity contribution in [3.8, 4) is 0 Å². The highest BCUT2D eigenvalue weighted by atomic mass is 16.7. The van der Waals surface area contributed by atoms with Gasteiger partial charge in [0.25, 0.3) is 0 Å². The van der Waals surface area contributed by atoms with Crippen molar-refractivity contribution in [3.05, 3.63) is 12.2 Å². The molecule has 1 aliphatic heterocycles. The maximum Gasteiger partial charge on any atom is 0.305 e. The molecule has 0 aromatic heterocycles. The lowest BCUT2D eigenvalue weighted by Gasteiger charge is -2.44. The maximum absolute atomic E-state index is 12.2. The summed E-state index contributed by atoms with van der Waals surface area (Å²) in [5, 5.41) is 2.50. The number of rotatable bonds is 7. The highest BCUT2D eigenvalue weighted by Crippen LogP contribution is 2.28. The van der Waals surface area contributed by atoms with Gasteiger partial charge in [-0.05, 0) is 6.92 Å². The monoisotopic (exact) mass is 415 g/mol. The van der Waals surface area contributed by atoms with Crippen LogP contribution in [0.3, 0.4) is 0 Å². The quantitative estimate of drug-likeness (QED) is 0.336. The highest BCUT2D eigenvalue weighted by molar-refractivity contribution is 5.92. The van der Waals surface area contributed by atoms with Gasteiger partial charge in [0.1, 0.15) is 18.8 Å². The third kappa shape index (κ3) is 7.53. The van der Waals surface area contributed by atoms with Crippen molar-refractivity contribution < 1.29 is 47.7 Å². The summed E-state index contributed by atoms with van der Waals surface area (Å²) < 4.78 is 26.2. The van der Waals surface area contributed by atoms with Crippen LogP contribution in [0.25, 0.3) is 0 Å². The van der Waals surface area contributed by atoms with Crippen molar-refractivity contribution in [2.75, 3.05) is 6.61 Å². The number of amides is 1. The first-order valence-corrected chi connectivity index (χ1v) is 8.69. The molecule has 11 heteroatoms. The Labute approximate surface area is 167 Å². The van der Waals surface area contributed by atoms with Crippen LogP contribution in [0.15, 0.2) is 12.2 Å². The van der Waals surface area contributed by atoms with Crippen LogP contribution in [-0.4, -0.2) is 67.0 Å². The molecule has 0 spiro atoms. The highest BCUT2D eigenvalue weighted by Gasteiger charge is 2.52. The van der Waals surface area contributed by atoms with Crippen molar-refractivity contribution in [1.82, 2.24) is 5.32 Å². The number of hydrogen-bond acceptors (Lipinski definition) is 10. The fraction of sp³-hybridized carbons (Fsp3) is 0.611. The zero-order valence-electron chi connectivity index (χ0n) is 16.9. The van der Waals surface area contributed by atoms with E-state index in [2.05, 4.69) is 11.9 Å². The third-order valence-electron chi connectivity index (χ3n) is 3.67. The second kappa shape index (κ2) is 10.6. The number of carbonyl (C=O) groups excluding carboxylic acids is 5. The first kappa shape index (κ1) is 24.1. The van der Waals surface area contributed by atoms with Gasteiger partial charge in [-0.15, -0.1) is 0 Å². The van der Waals surface area contributed by atoms with Crippen LogP contribution in [-0.2, 0) is 47.7 Å². The van der Waals surface area contributed by atoms with Crippen LogP contribution in [0.1, 0.15) is 34.6 Å². The van der Waals surface area contributed by atoms with Crippen LogP contribution in [0.5, 0.6) is 0 Å². The molecular formula is C18H25NO10. The molecule has 0 aromatic carbocycles. The van der Waals surface area contributed by atoms with Gasteiger partial charge in [0.2, 0.25) is 12.2 Å². The Balaban J connectivity index is 3.36. The predicted octanol–water partition coefficient (Wildman–Crippen LogP) is -0.238. The molecule has 0 aromatic rings. The van der Waals surface area contributed by atoms with Gasteiger partial charge in [-0.3, -0.25) is 24.0 Å². The maximum atomic E-state index is 12.2. The third-order valence-corrected chi connectivity index (χ3v) is 3.67. The minimum Gasteiger partial charge on any atom is -0.463 e. The molecule has 11 nitrogen and oxygen atoms in total. The van der Waals surface area contributed by atoms with E-state index in [1.807, 2.05) is 0 Å². The van der Waals surface area contributed by atoms with Gasteiger partial charge in [-0.1, -0.05) is 6.58 Å². The number of carbonyl (C=O) groups is 5. The van der Waals surface area contributed by atoms with E-state index in [4.69, 9.17) is 23.7 Å². The Kier molecular flexibility index (Phi) is 8.77. The molecule has 1 amide bonds. The average Bonchev–Trinajstić information content (AvgIpc) is 2.56. The van der Waals surface area contributed by atoms with E-state index >= 15 is 0 Å². The Bertz CT molecular complexity index is 688. The van der Waals surface area contributed by atoms with E-state index in [1.54, 1.807) is 0 Å². The smallest absolute Gasteiger partial charge is 0.305 e. The van der Waals surface area contributed by atoms with E-state index in [-0.39, 0.29) is 12.2 Å². The van der Waals surface area contributed by atoms with Crippen molar-refractivity contribution in [3.63, 3.8) is 0 Å². The minimum atomic E-state index is -1.42. The Morgan fingerprint density at radius 3 is 1.79 bits per heavy atom. The first-order chi connectivity index (χ1) is 13.4. The number of esters is 4. The molecule has 1 rings (SSSR count). The van der Waals surface area contributed by atoms with Crippen molar-refractivity contribution in [1.29, 1.82) is 0 Å². The van der Waals surface area contributed by atoms with Crippen LogP contribution in [0, 0.1) is 0 Å². The molecule has 5 atom stereocenters. The fourth-order valence-corrected chi connectivity index (χ4v) is 2.59. The van der Waals surface area contributed by atoms with Gasteiger partial charge >= 0.3 is 23.9 Å². The van der Waals surface area contributed by atoms with Gasteiger partial charge in [-0.25, -0.2) is 0 Å².